The lowest BCUT2D eigenvalue weighted by atomic mass is 9.95. The summed E-state index contributed by atoms with van der Waals surface area (Å²) in [6, 6.07) is 1.00. The van der Waals surface area contributed by atoms with Crippen molar-refractivity contribution >= 4 is 23.6 Å². The fourth-order valence-electron chi connectivity index (χ4n) is 7.58. The number of nitrogens with zero attached hydrogens (tertiary/aromatic N) is 4. The number of rotatable bonds is 4. The number of aromatic nitrogens is 1. The van der Waals surface area contributed by atoms with E-state index in [0.29, 0.717) is 31.2 Å². The molecule has 212 valence electrons. The number of amides is 3. The van der Waals surface area contributed by atoms with Gasteiger partial charge in [0.25, 0.3) is 0 Å². The van der Waals surface area contributed by atoms with Crippen LogP contribution >= 0.6 is 0 Å². The van der Waals surface area contributed by atoms with Crippen molar-refractivity contribution in [3.05, 3.63) is 24.0 Å². The van der Waals surface area contributed by atoms with E-state index in [9.17, 15) is 14.4 Å². The third-order valence-electron chi connectivity index (χ3n) is 9.66. The van der Waals surface area contributed by atoms with Gasteiger partial charge < -0.3 is 24.8 Å². The Bertz CT molecular complexity index is 1160. The van der Waals surface area contributed by atoms with E-state index >= 15 is 0 Å². The molecule has 4 heterocycles. The number of alkyl carbamates (subject to hydrolysis) is 1. The van der Waals surface area contributed by atoms with Gasteiger partial charge in [-0.15, -0.1) is 0 Å². The van der Waals surface area contributed by atoms with Gasteiger partial charge in [0.15, 0.2) is 0 Å². The quantitative estimate of drug-likeness (QED) is 0.630. The van der Waals surface area contributed by atoms with Gasteiger partial charge in [-0.2, -0.15) is 0 Å². The number of pyridine rings is 1. The summed E-state index contributed by atoms with van der Waals surface area (Å²) in [6.45, 7) is 6.12. The monoisotopic (exact) mass is 537 g/mol. The van der Waals surface area contributed by atoms with Crippen molar-refractivity contribution in [1.29, 1.82) is 0 Å². The van der Waals surface area contributed by atoms with Crippen molar-refractivity contribution in [3.63, 3.8) is 0 Å². The Hall–Kier alpha value is -2.84. The average Bonchev–Trinajstić information content (AvgIpc) is 3.69. The minimum absolute atomic E-state index is 0.0666. The lowest BCUT2D eigenvalue weighted by molar-refractivity contribution is -0.148. The molecule has 0 aromatic carbocycles. The fourth-order valence-corrected chi connectivity index (χ4v) is 7.58. The van der Waals surface area contributed by atoms with Crippen molar-refractivity contribution < 1.29 is 19.1 Å². The maximum atomic E-state index is 14.3. The zero-order valence-corrected chi connectivity index (χ0v) is 24.0. The van der Waals surface area contributed by atoms with Gasteiger partial charge in [0, 0.05) is 56.2 Å². The van der Waals surface area contributed by atoms with Crippen LogP contribution in [0.5, 0.6) is 0 Å². The van der Waals surface area contributed by atoms with Crippen molar-refractivity contribution in [1.82, 2.24) is 20.1 Å². The van der Waals surface area contributed by atoms with Gasteiger partial charge in [0.2, 0.25) is 11.8 Å². The molecule has 0 radical (unpaired) electrons. The van der Waals surface area contributed by atoms with Crippen molar-refractivity contribution in [3.8, 4) is 0 Å². The fraction of sp³-hybridized carbons (Fsp3) is 0.733. The van der Waals surface area contributed by atoms with Gasteiger partial charge in [-0.3, -0.25) is 14.6 Å². The smallest absolute Gasteiger partial charge is 0.408 e. The van der Waals surface area contributed by atoms with E-state index in [0.717, 1.165) is 44.2 Å². The van der Waals surface area contributed by atoms with Gasteiger partial charge in [-0.25, -0.2) is 4.79 Å². The molecule has 0 bridgehead atoms. The van der Waals surface area contributed by atoms with Gasteiger partial charge in [0.1, 0.15) is 17.7 Å². The highest BCUT2D eigenvalue weighted by atomic mass is 16.6. The molecule has 1 aromatic rings. The predicted molar refractivity (Wildman–Crippen MR) is 147 cm³/mol. The van der Waals surface area contributed by atoms with E-state index in [1.54, 1.807) is 0 Å². The van der Waals surface area contributed by atoms with E-state index < -0.39 is 23.8 Å². The predicted octanol–water partition coefficient (Wildman–Crippen LogP) is 3.68. The molecule has 39 heavy (non-hydrogen) atoms. The summed E-state index contributed by atoms with van der Waals surface area (Å²) in [6.07, 6.45) is 10.4. The first-order chi connectivity index (χ1) is 18.5. The van der Waals surface area contributed by atoms with Crippen LogP contribution in [-0.4, -0.2) is 82.6 Å². The molecule has 2 aliphatic carbocycles. The zero-order valence-electron chi connectivity index (χ0n) is 24.0. The molecule has 6 atom stereocenters. The maximum absolute atomic E-state index is 14.3. The molecule has 3 amide bonds. The van der Waals surface area contributed by atoms with E-state index in [1.807, 2.05) is 58.2 Å². The van der Waals surface area contributed by atoms with Crippen LogP contribution in [0.1, 0.15) is 83.6 Å². The SMILES string of the molecule is CN(C)c1ccncc1C1CN(C(=O)[C@@H]2CC[C@@H]3C[C@H]4C[C@H]4C[C@H](NC(=O)OC(C)(C)C)C(=O)N32)C2(CC2)C1. The highest BCUT2D eigenvalue weighted by molar-refractivity contribution is 5.93. The van der Waals surface area contributed by atoms with Crippen molar-refractivity contribution in [2.24, 2.45) is 11.8 Å². The molecule has 5 aliphatic rings. The number of fused-ring (bicyclic) bond motifs is 2. The number of carbonyl (C=O) groups excluding carboxylic acids is 3. The molecular formula is C30H43N5O4. The lowest BCUT2D eigenvalue weighted by Crippen LogP contribution is -2.58. The molecule has 2 saturated carbocycles. The molecule has 5 fully saturated rings. The van der Waals surface area contributed by atoms with Crippen LogP contribution in [0.25, 0.3) is 0 Å². The third-order valence-corrected chi connectivity index (χ3v) is 9.66. The maximum Gasteiger partial charge on any atom is 0.408 e. The zero-order chi connectivity index (χ0) is 27.7. The van der Waals surface area contributed by atoms with E-state index in [4.69, 9.17) is 4.74 Å². The molecular weight excluding hydrogens is 494 g/mol. The first kappa shape index (κ1) is 26.4. The summed E-state index contributed by atoms with van der Waals surface area (Å²) < 4.78 is 5.49. The number of anilines is 1. The van der Waals surface area contributed by atoms with Gasteiger partial charge >= 0.3 is 6.09 Å². The lowest BCUT2D eigenvalue weighted by Gasteiger charge is -2.37. The Balaban J connectivity index is 1.22. The number of ether oxygens (including phenoxy) is 1. The Labute approximate surface area is 231 Å². The largest absolute Gasteiger partial charge is 0.444 e. The molecule has 3 aliphatic heterocycles. The second-order valence-corrected chi connectivity index (χ2v) is 13.8. The molecule has 3 saturated heterocycles. The highest BCUT2D eigenvalue weighted by Gasteiger charge is 2.59. The van der Waals surface area contributed by atoms with E-state index in [2.05, 4.69) is 20.1 Å². The molecule has 9 nitrogen and oxygen atoms in total. The number of nitrogens with one attached hydrogen (secondary N) is 1. The number of likely N-dealkylation sites (tertiary alicyclic amines) is 1. The summed E-state index contributed by atoms with van der Waals surface area (Å²) in [5, 5.41) is 2.88. The molecule has 1 N–H and O–H groups in total. The summed E-state index contributed by atoms with van der Waals surface area (Å²) in [4.78, 5) is 51.5. The summed E-state index contributed by atoms with van der Waals surface area (Å²) >= 11 is 0. The second-order valence-electron chi connectivity index (χ2n) is 13.8. The van der Waals surface area contributed by atoms with Crippen molar-refractivity contribution in [2.75, 3.05) is 25.5 Å². The van der Waals surface area contributed by atoms with Gasteiger partial charge in [-0.1, -0.05) is 0 Å². The van der Waals surface area contributed by atoms with Crippen LogP contribution in [0.15, 0.2) is 18.5 Å². The van der Waals surface area contributed by atoms with Gasteiger partial charge in [0.05, 0.1) is 0 Å². The number of hydrogen-bond donors (Lipinski definition) is 1. The molecule has 9 heteroatoms. The molecule has 1 aromatic heterocycles. The molecule has 1 spiro atoms. The third kappa shape index (κ3) is 4.97. The van der Waals surface area contributed by atoms with E-state index in [-0.39, 0.29) is 29.3 Å². The average molecular weight is 538 g/mol. The number of hydrogen-bond acceptors (Lipinski definition) is 6. The first-order valence-electron chi connectivity index (χ1n) is 14.7. The summed E-state index contributed by atoms with van der Waals surface area (Å²) in [5.74, 6) is 1.24. The summed E-state index contributed by atoms with van der Waals surface area (Å²) in [5.41, 5.74) is 1.60. The minimum Gasteiger partial charge on any atom is -0.444 e. The van der Waals surface area contributed by atoms with Crippen LogP contribution in [-0.2, 0) is 14.3 Å². The minimum atomic E-state index is -0.648. The Kier molecular flexibility index (Phi) is 6.34. The molecule has 1 unspecified atom stereocenters. The van der Waals surface area contributed by atoms with Crippen LogP contribution in [0.2, 0.25) is 0 Å². The van der Waals surface area contributed by atoms with Crippen LogP contribution in [0.4, 0.5) is 10.5 Å². The standard InChI is InChI=1S/C30H43N5O4/c1-29(2,3)39-28(38)32-23-14-19-12-18(19)13-21-6-7-25(35(21)26(23)36)27(37)34-17-20(15-30(34)9-10-30)22-16-31-11-8-24(22)33(4)5/h8,11,16,18-21,23,25H,6-7,9-10,12-15,17H2,1-5H3,(H,32,38)/t18-,19+,20?,21-,23+,25+/m1/s1. The highest BCUT2D eigenvalue weighted by Crippen LogP contribution is 2.56. The van der Waals surface area contributed by atoms with Gasteiger partial charge in [-0.05, 0) is 95.6 Å². The Morgan fingerprint density at radius 3 is 2.56 bits per heavy atom. The summed E-state index contributed by atoms with van der Waals surface area (Å²) in [7, 11) is 4.09. The first-order valence-corrected chi connectivity index (χ1v) is 14.7. The van der Waals surface area contributed by atoms with Crippen LogP contribution in [0, 0.1) is 11.8 Å². The Morgan fingerprint density at radius 2 is 1.87 bits per heavy atom. The topological polar surface area (TPSA) is 95.1 Å². The molecule has 6 rings (SSSR count). The van der Waals surface area contributed by atoms with Crippen LogP contribution in [0.3, 0.4) is 0 Å². The second kappa shape index (κ2) is 9.37. The van der Waals surface area contributed by atoms with E-state index in [1.165, 1.54) is 5.56 Å². The normalized spacial score (nSPS) is 32.7. The Morgan fingerprint density at radius 1 is 1.13 bits per heavy atom. The van der Waals surface area contributed by atoms with Crippen molar-refractivity contribution in [2.45, 2.75) is 107 Å². The number of carbonyl (C=O) groups is 3. The van der Waals surface area contributed by atoms with Crippen LogP contribution < -0.4 is 10.2 Å².